The van der Waals surface area contributed by atoms with Crippen LogP contribution in [0.15, 0.2) is 24.3 Å². The van der Waals surface area contributed by atoms with Gasteiger partial charge in [-0.25, -0.2) is 0 Å². The fraction of sp³-hybridized carbons (Fsp3) is 0.455. The van der Waals surface area contributed by atoms with Crippen molar-refractivity contribution in [2.45, 2.75) is 32.5 Å². The minimum absolute atomic E-state index is 0.234. The van der Waals surface area contributed by atoms with E-state index in [-0.39, 0.29) is 5.75 Å². The van der Waals surface area contributed by atoms with Crippen LogP contribution >= 0.6 is 0 Å². The molecule has 0 N–H and O–H groups in total. The second-order valence-electron chi connectivity index (χ2n) is 4.24. The Morgan fingerprint density at radius 3 is 2.13 bits per heavy atom. The smallest absolute Gasteiger partial charge is 0.416 e. The van der Waals surface area contributed by atoms with E-state index in [1.807, 2.05) is 0 Å². The van der Waals surface area contributed by atoms with Crippen LogP contribution in [0, 0.1) is 0 Å². The molecule has 0 bridgehead atoms. The molecular formula is C11H13F3O. The molecule has 0 saturated heterocycles. The first kappa shape index (κ1) is 11.9. The molecule has 1 nitrogen and oxygen atoms in total. The highest BCUT2D eigenvalue weighted by Crippen LogP contribution is 2.32. The van der Waals surface area contributed by atoms with Gasteiger partial charge < -0.3 is 4.74 Å². The van der Waals surface area contributed by atoms with Gasteiger partial charge in [0.05, 0.1) is 5.56 Å². The Labute approximate surface area is 86.9 Å². The van der Waals surface area contributed by atoms with Crippen molar-refractivity contribution in [1.29, 1.82) is 0 Å². The van der Waals surface area contributed by atoms with Crippen molar-refractivity contribution in [1.82, 2.24) is 0 Å². The average Bonchev–Trinajstić information content (AvgIpc) is 1.99. The quantitative estimate of drug-likeness (QED) is 0.695. The predicted octanol–water partition coefficient (Wildman–Crippen LogP) is 3.88. The number of benzene rings is 1. The Hall–Kier alpha value is -1.19. The van der Waals surface area contributed by atoms with Gasteiger partial charge in [-0.15, -0.1) is 0 Å². The third-order valence-corrected chi connectivity index (χ3v) is 1.59. The van der Waals surface area contributed by atoms with Gasteiger partial charge in [-0.1, -0.05) is 6.07 Å². The second kappa shape index (κ2) is 3.76. The number of alkyl halides is 3. The number of halogens is 3. The standard InChI is InChI=1S/C11H13F3O/c1-10(2,3)15-9-6-4-5-8(7-9)11(12,13)14/h4-7H,1-3H3. The molecule has 0 heterocycles. The number of ether oxygens (including phenoxy) is 1. The van der Waals surface area contributed by atoms with Crippen molar-refractivity contribution in [3.05, 3.63) is 29.8 Å². The van der Waals surface area contributed by atoms with Crippen LogP contribution in [0.3, 0.4) is 0 Å². The summed E-state index contributed by atoms with van der Waals surface area (Å²) in [4.78, 5) is 0. The van der Waals surface area contributed by atoms with Gasteiger partial charge in [0.2, 0.25) is 0 Å². The lowest BCUT2D eigenvalue weighted by Gasteiger charge is -2.21. The maximum atomic E-state index is 12.3. The van der Waals surface area contributed by atoms with Crippen LogP contribution in [0.25, 0.3) is 0 Å². The minimum Gasteiger partial charge on any atom is -0.488 e. The molecule has 0 amide bonds. The highest BCUT2D eigenvalue weighted by molar-refractivity contribution is 5.30. The Morgan fingerprint density at radius 1 is 1.07 bits per heavy atom. The zero-order valence-corrected chi connectivity index (χ0v) is 8.85. The number of hydrogen-bond acceptors (Lipinski definition) is 1. The Bertz CT molecular complexity index is 336. The van der Waals surface area contributed by atoms with Gasteiger partial charge >= 0.3 is 6.18 Å². The lowest BCUT2D eigenvalue weighted by molar-refractivity contribution is -0.137. The summed E-state index contributed by atoms with van der Waals surface area (Å²) in [5.74, 6) is 0.234. The summed E-state index contributed by atoms with van der Waals surface area (Å²) < 4.78 is 42.4. The third kappa shape index (κ3) is 3.81. The van der Waals surface area contributed by atoms with Crippen molar-refractivity contribution in [2.75, 3.05) is 0 Å². The summed E-state index contributed by atoms with van der Waals surface area (Å²) in [6.45, 7) is 5.35. The van der Waals surface area contributed by atoms with Crippen LogP contribution in [0.2, 0.25) is 0 Å². The van der Waals surface area contributed by atoms with E-state index in [1.54, 1.807) is 20.8 Å². The molecule has 0 radical (unpaired) electrons. The fourth-order valence-electron chi connectivity index (χ4n) is 1.09. The van der Waals surface area contributed by atoms with Crippen molar-refractivity contribution in [2.24, 2.45) is 0 Å². The summed E-state index contributed by atoms with van der Waals surface area (Å²) in [5.41, 5.74) is -1.19. The van der Waals surface area contributed by atoms with Gasteiger partial charge in [0.15, 0.2) is 0 Å². The van der Waals surface area contributed by atoms with E-state index < -0.39 is 17.3 Å². The number of rotatable bonds is 1. The van der Waals surface area contributed by atoms with Gasteiger partial charge in [-0.3, -0.25) is 0 Å². The van der Waals surface area contributed by atoms with Crippen molar-refractivity contribution in [3.63, 3.8) is 0 Å². The molecule has 1 aromatic carbocycles. The molecule has 0 aliphatic rings. The lowest BCUT2D eigenvalue weighted by Crippen LogP contribution is -2.23. The average molecular weight is 218 g/mol. The monoisotopic (exact) mass is 218 g/mol. The Morgan fingerprint density at radius 2 is 1.67 bits per heavy atom. The van der Waals surface area contributed by atoms with Gasteiger partial charge in [0.25, 0.3) is 0 Å². The van der Waals surface area contributed by atoms with E-state index in [1.165, 1.54) is 12.1 Å². The van der Waals surface area contributed by atoms with Gasteiger partial charge in [0.1, 0.15) is 11.4 Å². The first-order valence-electron chi connectivity index (χ1n) is 4.55. The van der Waals surface area contributed by atoms with Crippen LogP contribution in [-0.2, 0) is 6.18 Å². The maximum absolute atomic E-state index is 12.3. The van der Waals surface area contributed by atoms with Gasteiger partial charge in [-0.2, -0.15) is 13.2 Å². The molecule has 4 heteroatoms. The predicted molar refractivity (Wildman–Crippen MR) is 51.8 cm³/mol. The fourth-order valence-corrected chi connectivity index (χ4v) is 1.09. The van der Waals surface area contributed by atoms with Gasteiger partial charge in [0, 0.05) is 0 Å². The summed E-state index contributed by atoms with van der Waals surface area (Å²) in [7, 11) is 0. The maximum Gasteiger partial charge on any atom is 0.416 e. The first-order chi connectivity index (χ1) is 6.68. The van der Waals surface area contributed by atoms with E-state index in [0.29, 0.717) is 0 Å². The van der Waals surface area contributed by atoms with E-state index >= 15 is 0 Å². The van der Waals surface area contributed by atoms with E-state index in [0.717, 1.165) is 12.1 Å². The highest BCUT2D eigenvalue weighted by Gasteiger charge is 2.30. The molecule has 84 valence electrons. The van der Waals surface area contributed by atoms with E-state index in [4.69, 9.17) is 4.74 Å². The van der Waals surface area contributed by atoms with Crippen LogP contribution < -0.4 is 4.74 Å². The number of hydrogen-bond donors (Lipinski definition) is 0. The van der Waals surface area contributed by atoms with Crippen LogP contribution in [0.5, 0.6) is 5.75 Å². The minimum atomic E-state index is -4.32. The molecule has 1 rings (SSSR count). The molecule has 0 aliphatic heterocycles. The summed E-state index contributed by atoms with van der Waals surface area (Å²) in [6, 6.07) is 4.88. The topological polar surface area (TPSA) is 9.23 Å². The molecule has 15 heavy (non-hydrogen) atoms. The highest BCUT2D eigenvalue weighted by atomic mass is 19.4. The van der Waals surface area contributed by atoms with Crippen LogP contribution in [0.1, 0.15) is 26.3 Å². The third-order valence-electron chi connectivity index (χ3n) is 1.59. The molecular weight excluding hydrogens is 205 g/mol. The molecule has 0 aromatic heterocycles. The zero-order valence-electron chi connectivity index (χ0n) is 8.85. The Kier molecular flexibility index (Phi) is 2.98. The van der Waals surface area contributed by atoms with Crippen molar-refractivity contribution < 1.29 is 17.9 Å². The summed E-state index contributed by atoms with van der Waals surface area (Å²) in [5, 5.41) is 0. The second-order valence-corrected chi connectivity index (χ2v) is 4.24. The summed E-state index contributed by atoms with van der Waals surface area (Å²) in [6.07, 6.45) is -4.32. The van der Waals surface area contributed by atoms with E-state index in [9.17, 15) is 13.2 Å². The first-order valence-corrected chi connectivity index (χ1v) is 4.55. The molecule has 0 fully saturated rings. The molecule has 0 unspecified atom stereocenters. The van der Waals surface area contributed by atoms with Crippen LogP contribution in [-0.4, -0.2) is 5.60 Å². The molecule has 1 aromatic rings. The lowest BCUT2D eigenvalue weighted by atomic mass is 10.1. The van der Waals surface area contributed by atoms with E-state index in [2.05, 4.69) is 0 Å². The SMILES string of the molecule is CC(C)(C)Oc1cccc(C(F)(F)F)c1. The molecule has 0 atom stereocenters. The largest absolute Gasteiger partial charge is 0.488 e. The zero-order chi connectivity index (χ0) is 11.7. The summed E-state index contributed by atoms with van der Waals surface area (Å²) >= 11 is 0. The molecule has 0 saturated carbocycles. The normalized spacial score (nSPS) is 12.7. The van der Waals surface area contributed by atoms with Crippen molar-refractivity contribution in [3.8, 4) is 5.75 Å². The van der Waals surface area contributed by atoms with Crippen molar-refractivity contribution >= 4 is 0 Å². The Balaban J connectivity index is 2.94. The van der Waals surface area contributed by atoms with Gasteiger partial charge in [-0.05, 0) is 39.0 Å². The molecule has 0 spiro atoms. The molecule has 0 aliphatic carbocycles. The van der Waals surface area contributed by atoms with Crippen LogP contribution in [0.4, 0.5) is 13.2 Å².